The molecule has 1 aromatic heterocycles. The summed E-state index contributed by atoms with van der Waals surface area (Å²) in [4.78, 5) is 11.4. The fourth-order valence-corrected chi connectivity index (χ4v) is 1.35. The monoisotopic (exact) mass is 205 g/mol. The lowest BCUT2D eigenvalue weighted by Crippen LogP contribution is -2.07. The standard InChI is InChI=1S/C9H7N3OS/c10-9(14)8(13)7-5-3-1-2-4-6(5)11-12-7/h1-4H,(H2,10,14)(H,11,12). The number of aromatic nitrogens is 2. The van der Waals surface area contributed by atoms with Crippen molar-refractivity contribution in [3.63, 3.8) is 0 Å². The van der Waals surface area contributed by atoms with Crippen LogP contribution in [0.25, 0.3) is 10.9 Å². The summed E-state index contributed by atoms with van der Waals surface area (Å²) >= 11 is 3.68. The predicted molar refractivity (Wildman–Crippen MR) is 57.1 cm³/mol. The minimum Gasteiger partial charge on any atom is -0.291 e. The Labute approximate surface area is 85.2 Å². The number of thiol groups is 1. The Hall–Kier alpha value is -1.62. The Balaban J connectivity index is 2.64. The smallest absolute Gasteiger partial charge is 0.237 e. The summed E-state index contributed by atoms with van der Waals surface area (Å²) in [6.45, 7) is 0. The average molecular weight is 205 g/mol. The number of nitrogens with zero attached hydrogens (tertiary/aromatic N) is 1. The van der Waals surface area contributed by atoms with Gasteiger partial charge in [0, 0.05) is 5.39 Å². The topological polar surface area (TPSA) is 69.6 Å². The van der Waals surface area contributed by atoms with E-state index in [1.807, 2.05) is 18.2 Å². The molecular formula is C9H7N3OS. The first-order valence-corrected chi connectivity index (χ1v) is 4.40. The Morgan fingerprint density at radius 2 is 2.14 bits per heavy atom. The second kappa shape index (κ2) is 3.26. The van der Waals surface area contributed by atoms with Gasteiger partial charge in [0.2, 0.25) is 5.78 Å². The molecule has 70 valence electrons. The van der Waals surface area contributed by atoms with Gasteiger partial charge < -0.3 is 0 Å². The molecule has 0 aliphatic rings. The third-order valence-electron chi connectivity index (χ3n) is 1.90. The molecule has 0 bridgehead atoms. The lowest BCUT2D eigenvalue weighted by molar-refractivity contribution is 0.106. The number of benzene rings is 1. The van der Waals surface area contributed by atoms with E-state index in [1.165, 1.54) is 0 Å². The van der Waals surface area contributed by atoms with Gasteiger partial charge in [-0.05, 0) is 6.07 Å². The fourth-order valence-electron chi connectivity index (χ4n) is 1.25. The first-order valence-electron chi connectivity index (χ1n) is 3.95. The van der Waals surface area contributed by atoms with Crippen LogP contribution in [0.5, 0.6) is 0 Å². The molecule has 14 heavy (non-hydrogen) atoms. The Kier molecular flexibility index (Phi) is 2.09. The van der Waals surface area contributed by atoms with E-state index in [0.717, 1.165) is 10.9 Å². The summed E-state index contributed by atoms with van der Waals surface area (Å²) < 4.78 is 0. The predicted octanol–water partition coefficient (Wildman–Crippen LogP) is 1.65. The molecule has 0 unspecified atom stereocenters. The highest BCUT2D eigenvalue weighted by Crippen LogP contribution is 2.15. The molecule has 0 fully saturated rings. The van der Waals surface area contributed by atoms with Gasteiger partial charge in [0.25, 0.3) is 0 Å². The summed E-state index contributed by atoms with van der Waals surface area (Å²) in [5.74, 6) is -0.467. The highest BCUT2D eigenvalue weighted by atomic mass is 32.1. The van der Waals surface area contributed by atoms with Crippen molar-refractivity contribution in [1.29, 1.82) is 5.41 Å². The number of carbonyl (C=O) groups is 1. The lowest BCUT2D eigenvalue weighted by atomic mass is 10.1. The normalized spacial score (nSPS) is 10.4. The third-order valence-corrected chi connectivity index (χ3v) is 2.10. The van der Waals surface area contributed by atoms with Gasteiger partial charge in [0.05, 0.1) is 5.52 Å². The van der Waals surface area contributed by atoms with E-state index < -0.39 is 5.78 Å². The van der Waals surface area contributed by atoms with Crippen LogP contribution in [0.15, 0.2) is 24.3 Å². The maximum atomic E-state index is 11.4. The molecule has 1 aromatic carbocycles. The zero-order valence-corrected chi connectivity index (χ0v) is 8.01. The number of rotatable bonds is 2. The molecule has 4 nitrogen and oxygen atoms in total. The van der Waals surface area contributed by atoms with Gasteiger partial charge in [-0.3, -0.25) is 15.3 Å². The van der Waals surface area contributed by atoms with E-state index in [4.69, 9.17) is 5.41 Å². The lowest BCUT2D eigenvalue weighted by Gasteiger charge is -1.92. The molecule has 5 heteroatoms. The van der Waals surface area contributed by atoms with Crippen LogP contribution < -0.4 is 0 Å². The van der Waals surface area contributed by atoms with Gasteiger partial charge in [0.15, 0.2) is 0 Å². The molecule has 1 heterocycles. The minimum absolute atomic E-state index is 0.251. The zero-order chi connectivity index (χ0) is 10.1. The summed E-state index contributed by atoms with van der Waals surface area (Å²) in [6, 6.07) is 7.27. The van der Waals surface area contributed by atoms with Crippen molar-refractivity contribution >= 4 is 34.4 Å². The summed E-state index contributed by atoms with van der Waals surface area (Å²) in [6.07, 6.45) is 0. The molecule has 2 N–H and O–H groups in total. The molecule has 0 atom stereocenters. The zero-order valence-electron chi connectivity index (χ0n) is 7.11. The summed E-state index contributed by atoms with van der Waals surface area (Å²) in [5.41, 5.74) is 1.03. The van der Waals surface area contributed by atoms with Gasteiger partial charge in [-0.15, -0.1) is 12.6 Å². The first-order chi connectivity index (χ1) is 6.70. The molecule has 2 rings (SSSR count). The molecule has 0 aliphatic heterocycles. The van der Waals surface area contributed by atoms with Crippen LogP contribution in [-0.2, 0) is 0 Å². The number of aromatic amines is 1. The summed E-state index contributed by atoms with van der Waals surface area (Å²) in [7, 11) is 0. The molecule has 0 spiro atoms. The van der Waals surface area contributed by atoms with E-state index >= 15 is 0 Å². The third kappa shape index (κ3) is 1.31. The van der Waals surface area contributed by atoms with E-state index in [9.17, 15) is 4.79 Å². The van der Waals surface area contributed by atoms with Crippen LogP contribution in [0.3, 0.4) is 0 Å². The van der Waals surface area contributed by atoms with E-state index in [1.54, 1.807) is 6.07 Å². The van der Waals surface area contributed by atoms with Crippen molar-refractivity contribution in [2.24, 2.45) is 0 Å². The Bertz CT molecular complexity index is 518. The van der Waals surface area contributed by atoms with Gasteiger partial charge in [-0.25, -0.2) is 0 Å². The van der Waals surface area contributed by atoms with Crippen molar-refractivity contribution in [3.8, 4) is 0 Å². The highest BCUT2D eigenvalue weighted by molar-refractivity contribution is 7.99. The highest BCUT2D eigenvalue weighted by Gasteiger charge is 2.15. The molecular weight excluding hydrogens is 198 g/mol. The van der Waals surface area contributed by atoms with Crippen LogP contribution in [0.1, 0.15) is 10.5 Å². The molecule has 0 saturated heterocycles. The fraction of sp³-hybridized carbons (Fsp3) is 0. The minimum atomic E-state index is -0.467. The number of para-hydroxylation sites is 1. The number of hydrogen-bond donors (Lipinski definition) is 3. The Morgan fingerprint density at radius 1 is 1.43 bits per heavy atom. The van der Waals surface area contributed by atoms with Crippen LogP contribution in [0.4, 0.5) is 0 Å². The number of fused-ring (bicyclic) bond motifs is 1. The molecule has 0 aliphatic carbocycles. The number of Topliss-reactive ketones (excluding diaryl/α,β-unsaturated/α-hetero) is 1. The molecule has 2 aromatic rings. The SMILES string of the molecule is N=C(S)C(=O)c1n[nH]c2ccccc12. The van der Waals surface area contributed by atoms with Crippen LogP contribution in [0, 0.1) is 5.41 Å². The maximum Gasteiger partial charge on any atom is 0.237 e. The molecule has 0 amide bonds. The van der Waals surface area contributed by atoms with Gasteiger partial charge in [-0.1, -0.05) is 18.2 Å². The van der Waals surface area contributed by atoms with Gasteiger partial charge in [0.1, 0.15) is 10.7 Å². The van der Waals surface area contributed by atoms with Gasteiger partial charge >= 0.3 is 0 Å². The van der Waals surface area contributed by atoms with Crippen LogP contribution >= 0.6 is 12.6 Å². The number of ketones is 1. The number of carbonyl (C=O) groups excluding carboxylic acids is 1. The summed E-state index contributed by atoms with van der Waals surface area (Å²) in [5, 5.41) is 14.1. The van der Waals surface area contributed by atoms with Crippen molar-refractivity contribution in [2.75, 3.05) is 0 Å². The maximum absolute atomic E-state index is 11.4. The quantitative estimate of drug-likeness (QED) is 0.302. The van der Waals surface area contributed by atoms with E-state index in [-0.39, 0.29) is 10.7 Å². The second-order valence-electron chi connectivity index (χ2n) is 2.80. The average Bonchev–Trinajstić information content (AvgIpc) is 2.60. The van der Waals surface area contributed by atoms with Crippen molar-refractivity contribution in [1.82, 2.24) is 10.2 Å². The second-order valence-corrected chi connectivity index (χ2v) is 3.24. The number of nitrogens with one attached hydrogen (secondary N) is 2. The number of H-pyrrole nitrogens is 1. The van der Waals surface area contributed by atoms with Crippen LogP contribution in [-0.4, -0.2) is 21.0 Å². The Morgan fingerprint density at radius 3 is 2.86 bits per heavy atom. The van der Waals surface area contributed by atoms with Crippen molar-refractivity contribution < 1.29 is 4.79 Å². The van der Waals surface area contributed by atoms with E-state index in [0.29, 0.717) is 0 Å². The first kappa shape index (κ1) is 8.96. The van der Waals surface area contributed by atoms with Crippen LogP contribution in [0.2, 0.25) is 0 Å². The van der Waals surface area contributed by atoms with E-state index in [2.05, 4.69) is 22.8 Å². The molecule has 0 radical (unpaired) electrons. The number of hydrogen-bond acceptors (Lipinski definition) is 3. The van der Waals surface area contributed by atoms with Gasteiger partial charge in [-0.2, -0.15) is 5.10 Å². The molecule has 0 saturated carbocycles. The largest absolute Gasteiger partial charge is 0.291 e. The van der Waals surface area contributed by atoms with Crippen molar-refractivity contribution in [3.05, 3.63) is 30.0 Å². The van der Waals surface area contributed by atoms with Crippen molar-refractivity contribution in [2.45, 2.75) is 0 Å².